The van der Waals surface area contributed by atoms with Gasteiger partial charge in [0.1, 0.15) is 5.82 Å². The number of hydrogen-bond donors (Lipinski definition) is 2. The standard InChI is InChI=1S/C10H15ClN4O/c1-3-6(2)8(12)9(16)14-7-4-5-13-10(11)15-7/h4-6,8H,3,12H2,1-2H3,(H,13,14,15,16). The van der Waals surface area contributed by atoms with Crippen LogP contribution in [0, 0.1) is 5.92 Å². The van der Waals surface area contributed by atoms with Crippen molar-refractivity contribution in [2.24, 2.45) is 11.7 Å². The van der Waals surface area contributed by atoms with E-state index in [0.29, 0.717) is 5.82 Å². The molecule has 0 aliphatic carbocycles. The molecule has 1 amide bonds. The molecule has 3 N–H and O–H groups in total. The second-order valence-corrected chi connectivity index (χ2v) is 3.95. The Morgan fingerprint density at radius 2 is 2.38 bits per heavy atom. The van der Waals surface area contributed by atoms with Gasteiger partial charge in [-0.1, -0.05) is 20.3 Å². The average Bonchev–Trinajstić information content (AvgIpc) is 2.27. The molecule has 6 heteroatoms. The largest absolute Gasteiger partial charge is 0.320 e. The minimum Gasteiger partial charge on any atom is -0.320 e. The van der Waals surface area contributed by atoms with Gasteiger partial charge in [0.2, 0.25) is 11.2 Å². The second kappa shape index (κ2) is 5.77. The van der Waals surface area contributed by atoms with E-state index in [1.54, 1.807) is 6.07 Å². The van der Waals surface area contributed by atoms with Crippen molar-refractivity contribution in [3.63, 3.8) is 0 Å². The van der Waals surface area contributed by atoms with Crippen LogP contribution in [0.1, 0.15) is 20.3 Å². The van der Waals surface area contributed by atoms with Gasteiger partial charge in [-0.3, -0.25) is 4.79 Å². The van der Waals surface area contributed by atoms with E-state index in [-0.39, 0.29) is 17.1 Å². The molecular weight excluding hydrogens is 228 g/mol. The molecule has 88 valence electrons. The van der Waals surface area contributed by atoms with E-state index >= 15 is 0 Å². The third-order valence-electron chi connectivity index (χ3n) is 2.44. The highest BCUT2D eigenvalue weighted by Crippen LogP contribution is 2.09. The fraction of sp³-hybridized carbons (Fsp3) is 0.500. The van der Waals surface area contributed by atoms with Crippen LogP contribution in [0.15, 0.2) is 12.3 Å². The third kappa shape index (κ3) is 3.43. The van der Waals surface area contributed by atoms with Gasteiger partial charge in [-0.15, -0.1) is 0 Å². The number of nitrogens with two attached hydrogens (primary N) is 1. The van der Waals surface area contributed by atoms with Crippen LogP contribution < -0.4 is 11.1 Å². The van der Waals surface area contributed by atoms with Gasteiger partial charge in [0, 0.05) is 6.20 Å². The number of carbonyl (C=O) groups excluding carboxylic acids is 1. The molecule has 0 aliphatic rings. The first-order chi connectivity index (χ1) is 7.54. The molecular formula is C10H15ClN4O. The average molecular weight is 243 g/mol. The molecule has 0 fully saturated rings. The number of amides is 1. The van der Waals surface area contributed by atoms with Crippen LogP contribution in [-0.2, 0) is 4.79 Å². The van der Waals surface area contributed by atoms with E-state index in [0.717, 1.165) is 6.42 Å². The quantitative estimate of drug-likeness (QED) is 0.783. The lowest BCUT2D eigenvalue weighted by Crippen LogP contribution is -2.40. The first kappa shape index (κ1) is 12.9. The summed E-state index contributed by atoms with van der Waals surface area (Å²) in [6, 6.07) is 1.02. The monoisotopic (exact) mass is 242 g/mol. The SMILES string of the molecule is CCC(C)C(N)C(=O)Nc1ccnc(Cl)n1. The van der Waals surface area contributed by atoms with Gasteiger partial charge in [0.25, 0.3) is 0 Å². The molecule has 0 radical (unpaired) electrons. The van der Waals surface area contributed by atoms with Crippen LogP contribution in [0.5, 0.6) is 0 Å². The molecule has 0 aromatic carbocycles. The lowest BCUT2D eigenvalue weighted by atomic mass is 9.99. The Balaban J connectivity index is 2.64. The molecule has 16 heavy (non-hydrogen) atoms. The van der Waals surface area contributed by atoms with Gasteiger partial charge in [-0.25, -0.2) is 9.97 Å². The molecule has 0 saturated heterocycles. The van der Waals surface area contributed by atoms with Gasteiger partial charge in [-0.05, 0) is 23.6 Å². The number of hydrogen-bond acceptors (Lipinski definition) is 4. The Kier molecular flexibility index (Phi) is 4.64. The van der Waals surface area contributed by atoms with E-state index in [1.165, 1.54) is 6.20 Å². The van der Waals surface area contributed by atoms with Gasteiger partial charge >= 0.3 is 0 Å². The van der Waals surface area contributed by atoms with Crippen molar-refractivity contribution < 1.29 is 4.79 Å². The number of carbonyl (C=O) groups is 1. The molecule has 0 aliphatic heterocycles. The lowest BCUT2D eigenvalue weighted by Gasteiger charge is -2.17. The summed E-state index contributed by atoms with van der Waals surface area (Å²) in [7, 11) is 0. The minimum absolute atomic E-state index is 0.0925. The fourth-order valence-electron chi connectivity index (χ4n) is 1.13. The second-order valence-electron chi connectivity index (χ2n) is 3.61. The summed E-state index contributed by atoms with van der Waals surface area (Å²) >= 11 is 5.59. The molecule has 1 aromatic heterocycles. The van der Waals surface area contributed by atoms with E-state index in [9.17, 15) is 4.79 Å². The molecule has 2 unspecified atom stereocenters. The number of rotatable bonds is 4. The van der Waals surface area contributed by atoms with Crippen LogP contribution in [0.3, 0.4) is 0 Å². The summed E-state index contributed by atoms with van der Waals surface area (Å²) in [5.74, 6) is 0.227. The predicted molar refractivity (Wildman–Crippen MR) is 63.1 cm³/mol. The molecule has 0 spiro atoms. The predicted octanol–water partition coefficient (Wildman–Crippen LogP) is 1.44. The topological polar surface area (TPSA) is 80.9 Å². The summed E-state index contributed by atoms with van der Waals surface area (Å²) < 4.78 is 0. The molecule has 0 bridgehead atoms. The van der Waals surface area contributed by atoms with E-state index in [1.807, 2.05) is 13.8 Å². The summed E-state index contributed by atoms with van der Waals surface area (Å²) in [6.07, 6.45) is 2.32. The maximum Gasteiger partial charge on any atom is 0.242 e. The van der Waals surface area contributed by atoms with Crippen molar-refractivity contribution in [1.82, 2.24) is 9.97 Å². The van der Waals surface area contributed by atoms with Crippen LogP contribution in [0.4, 0.5) is 5.82 Å². The van der Waals surface area contributed by atoms with Crippen molar-refractivity contribution in [2.45, 2.75) is 26.3 Å². The van der Waals surface area contributed by atoms with Gasteiger partial charge < -0.3 is 11.1 Å². The van der Waals surface area contributed by atoms with Crippen LogP contribution in [0.2, 0.25) is 5.28 Å². The number of anilines is 1. The van der Waals surface area contributed by atoms with E-state index in [2.05, 4.69) is 15.3 Å². The molecule has 1 rings (SSSR count). The first-order valence-corrected chi connectivity index (χ1v) is 5.47. The summed E-state index contributed by atoms with van der Waals surface area (Å²) in [4.78, 5) is 19.2. The van der Waals surface area contributed by atoms with Crippen molar-refractivity contribution in [3.05, 3.63) is 17.5 Å². The number of aromatic nitrogens is 2. The Bertz CT molecular complexity index is 372. The molecule has 2 atom stereocenters. The van der Waals surface area contributed by atoms with Crippen LogP contribution in [0.25, 0.3) is 0 Å². The van der Waals surface area contributed by atoms with E-state index < -0.39 is 6.04 Å². The van der Waals surface area contributed by atoms with Crippen molar-refractivity contribution in [2.75, 3.05) is 5.32 Å². The zero-order chi connectivity index (χ0) is 12.1. The maximum atomic E-state index is 11.7. The van der Waals surface area contributed by atoms with Gasteiger partial charge in [0.05, 0.1) is 6.04 Å². The molecule has 1 heterocycles. The lowest BCUT2D eigenvalue weighted by molar-refractivity contribution is -0.118. The van der Waals surface area contributed by atoms with E-state index in [4.69, 9.17) is 17.3 Å². The zero-order valence-corrected chi connectivity index (χ0v) is 10.0. The highest BCUT2D eigenvalue weighted by molar-refractivity contribution is 6.28. The van der Waals surface area contributed by atoms with Gasteiger partial charge in [-0.2, -0.15) is 0 Å². The highest BCUT2D eigenvalue weighted by Gasteiger charge is 2.19. The zero-order valence-electron chi connectivity index (χ0n) is 9.27. The fourth-order valence-corrected chi connectivity index (χ4v) is 1.27. The Labute approximate surface area is 99.4 Å². The van der Waals surface area contributed by atoms with Crippen LogP contribution in [-0.4, -0.2) is 21.9 Å². The summed E-state index contributed by atoms with van der Waals surface area (Å²) in [5.41, 5.74) is 5.77. The maximum absolute atomic E-state index is 11.7. The minimum atomic E-state index is -0.543. The highest BCUT2D eigenvalue weighted by atomic mass is 35.5. The molecule has 1 aromatic rings. The van der Waals surface area contributed by atoms with Crippen LogP contribution >= 0.6 is 11.6 Å². The summed E-state index contributed by atoms with van der Waals surface area (Å²) in [6.45, 7) is 3.91. The number of nitrogens with zero attached hydrogens (tertiary/aromatic N) is 2. The van der Waals surface area contributed by atoms with Gasteiger partial charge in [0.15, 0.2) is 0 Å². The third-order valence-corrected chi connectivity index (χ3v) is 2.62. The number of halogens is 1. The molecule has 5 nitrogen and oxygen atoms in total. The normalized spacial score (nSPS) is 14.2. The number of nitrogens with one attached hydrogen (secondary N) is 1. The molecule has 0 saturated carbocycles. The Morgan fingerprint density at radius 1 is 1.69 bits per heavy atom. The Morgan fingerprint density at radius 3 is 2.94 bits per heavy atom. The van der Waals surface area contributed by atoms with Crippen molar-refractivity contribution >= 4 is 23.3 Å². The summed E-state index contributed by atoms with van der Waals surface area (Å²) in [5, 5.41) is 2.69. The van der Waals surface area contributed by atoms with Crippen molar-refractivity contribution in [3.8, 4) is 0 Å². The Hall–Kier alpha value is -1.20. The first-order valence-electron chi connectivity index (χ1n) is 5.09. The van der Waals surface area contributed by atoms with Crippen molar-refractivity contribution in [1.29, 1.82) is 0 Å². The smallest absolute Gasteiger partial charge is 0.242 e.